The molecule has 2 nitrogen and oxygen atoms in total. The Labute approximate surface area is 47.3 Å². The highest BCUT2D eigenvalue weighted by Gasteiger charge is 1.65. The lowest BCUT2D eigenvalue weighted by molar-refractivity contribution is 0.999. The van der Waals surface area contributed by atoms with E-state index in [1.54, 1.807) is 0 Å². The van der Waals surface area contributed by atoms with Crippen molar-refractivity contribution in [2.45, 2.75) is 11.9 Å². The average molecular weight is 112 g/mol. The second-order valence-electron chi connectivity index (χ2n) is 1.28. The van der Waals surface area contributed by atoms with E-state index in [9.17, 15) is 0 Å². The number of aromatic nitrogens is 2. The molecule has 38 valence electrons. The van der Waals surface area contributed by atoms with Crippen LogP contribution in [0.25, 0.3) is 0 Å². The smallest absolute Gasteiger partial charge is 0.0723 e. The molecule has 0 atom stereocenters. The van der Waals surface area contributed by atoms with Crippen LogP contribution in [0.3, 0.4) is 0 Å². The Morgan fingerprint density at radius 3 is 2.71 bits per heavy atom. The van der Waals surface area contributed by atoms with Gasteiger partial charge in [0.1, 0.15) is 0 Å². The van der Waals surface area contributed by atoms with Gasteiger partial charge in [-0.2, -0.15) is 0 Å². The van der Waals surface area contributed by atoms with Crippen molar-refractivity contribution in [3.8, 4) is 0 Å². The molecule has 7 heavy (non-hydrogen) atoms. The lowest BCUT2D eigenvalue weighted by Crippen LogP contribution is -1.69. The fraction of sp³-hybridized carbons (Fsp3) is 0.250. The number of nitrogens with one attached hydrogen (secondary N) is 1. The Balaban J connectivity index is 3.12. The molecular formula is C4H4N2S-2. The van der Waals surface area contributed by atoms with E-state index in [0.717, 1.165) is 5.56 Å². The minimum absolute atomic E-state index is 0.611. The zero-order chi connectivity index (χ0) is 5.28. The minimum Gasteiger partial charge on any atom is -0.875 e. The topological polar surface area (TPSA) is 28.7 Å². The summed E-state index contributed by atoms with van der Waals surface area (Å²) in [5.74, 6) is 0. The predicted molar refractivity (Wildman–Crippen MR) is 27.8 cm³/mol. The van der Waals surface area contributed by atoms with Crippen LogP contribution in [0.5, 0.6) is 0 Å². The second-order valence-corrected chi connectivity index (χ2v) is 1.67. The molecule has 0 fully saturated rings. The molecular weight excluding hydrogens is 108 g/mol. The monoisotopic (exact) mass is 112 g/mol. The Morgan fingerprint density at radius 2 is 2.57 bits per heavy atom. The fourth-order valence-corrected chi connectivity index (χ4v) is 0.397. The van der Waals surface area contributed by atoms with Gasteiger partial charge in [-0.1, -0.05) is 6.92 Å². The van der Waals surface area contributed by atoms with Gasteiger partial charge in [0.2, 0.25) is 0 Å². The first-order chi connectivity index (χ1) is 3.30. The highest BCUT2D eigenvalue weighted by Crippen LogP contribution is 1.96. The second kappa shape index (κ2) is 1.50. The van der Waals surface area contributed by atoms with Gasteiger partial charge in [-0.15, -0.1) is 6.20 Å². The molecule has 0 saturated carbocycles. The zero-order valence-corrected chi connectivity index (χ0v) is 4.67. The van der Waals surface area contributed by atoms with Crippen LogP contribution in [-0.4, -0.2) is 10.2 Å². The van der Waals surface area contributed by atoms with Gasteiger partial charge >= 0.3 is 0 Å². The molecule has 0 aliphatic rings. The molecule has 0 bridgehead atoms. The molecule has 0 amide bonds. The highest BCUT2D eigenvalue weighted by atomic mass is 32.1. The maximum absolute atomic E-state index is 4.71. The van der Waals surface area contributed by atoms with E-state index in [1.807, 2.05) is 6.92 Å². The molecule has 1 rings (SSSR count). The van der Waals surface area contributed by atoms with Crippen LogP contribution >= 0.6 is 0 Å². The van der Waals surface area contributed by atoms with Crippen molar-refractivity contribution in [1.29, 1.82) is 0 Å². The number of aromatic amines is 1. The normalized spacial score (nSPS) is 9.29. The molecule has 0 aliphatic heterocycles. The van der Waals surface area contributed by atoms with Gasteiger partial charge < -0.3 is 22.8 Å². The third kappa shape index (κ3) is 0.718. The van der Waals surface area contributed by atoms with Crippen LogP contribution in [0.1, 0.15) is 5.56 Å². The first kappa shape index (κ1) is 4.59. The molecule has 1 aromatic rings. The summed E-state index contributed by atoms with van der Waals surface area (Å²) in [6, 6.07) is 0. The molecule has 1 N–H and O–H groups in total. The lowest BCUT2D eigenvalue weighted by atomic mass is 10.4. The molecule has 0 spiro atoms. The molecule has 0 aliphatic carbocycles. The fourth-order valence-electron chi connectivity index (χ4n) is 0.300. The van der Waals surface area contributed by atoms with E-state index in [0.29, 0.717) is 5.03 Å². The summed E-state index contributed by atoms with van der Waals surface area (Å²) in [7, 11) is 0. The molecule has 0 radical (unpaired) electrons. The van der Waals surface area contributed by atoms with Crippen molar-refractivity contribution in [3.63, 3.8) is 0 Å². The highest BCUT2D eigenvalue weighted by molar-refractivity contribution is 7.58. The van der Waals surface area contributed by atoms with Gasteiger partial charge in [0.15, 0.2) is 0 Å². The molecule has 0 saturated heterocycles. The van der Waals surface area contributed by atoms with Crippen LogP contribution < -0.4 is 0 Å². The van der Waals surface area contributed by atoms with Gasteiger partial charge in [-0.3, -0.25) is 0 Å². The lowest BCUT2D eigenvalue weighted by Gasteiger charge is -2.08. The van der Waals surface area contributed by atoms with Crippen LogP contribution in [0.15, 0.2) is 5.03 Å². The molecule has 0 aromatic carbocycles. The number of hydrogen-bond acceptors (Lipinski definition) is 2. The summed E-state index contributed by atoms with van der Waals surface area (Å²) in [5.41, 5.74) is 0.912. The van der Waals surface area contributed by atoms with Crippen LogP contribution in [0.2, 0.25) is 0 Å². The quantitative estimate of drug-likeness (QED) is 0.389. The molecule has 1 aromatic heterocycles. The number of nitrogens with zero attached hydrogens (tertiary/aromatic N) is 1. The van der Waals surface area contributed by atoms with Crippen LogP contribution in [0.4, 0.5) is 0 Å². The number of aryl methyl sites for hydroxylation is 1. The standard InChI is InChI=1S/C4H5N2S/c1-3-2-5-6-4(3)7/h1H3,(H2,5,6,7)/q-1/p-1. The van der Waals surface area contributed by atoms with Crippen molar-refractivity contribution in [3.05, 3.63) is 11.8 Å². The summed E-state index contributed by atoms with van der Waals surface area (Å²) >= 11 is 4.71. The minimum atomic E-state index is 0.611. The number of H-pyrrole nitrogens is 1. The van der Waals surface area contributed by atoms with Crippen LogP contribution in [-0.2, 0) is 12.6 Å². The summed E-state index contributed by atoms with van der Waals surface area (Å²) in [5, 5.41) is 6.78. The van der Waals surface area contributed by atoms with E-state index in [-0.39, 0.29) is 0 Å². The van der Waals surface area contributed by atoms with Gasteiger partial charge in [0.25, 0.3) is 0 Å². The summed E-state index contributed by atoms with van der Waals surface area (Å²) in [6.45, 7) is 1.87. The Bertz CT molecular complexity index is 142. The summed E-state index contributed by atoms with van der Waals surface area (Å²) < 4.78 is 0. The largest absolute Gasteiger partial charge is 0.875 e. The summed E-state index contributed by atoms with van der Waals surface area (Å²) in [4.78, 5) is 0. The molecule has 3 heteroatoms. The zero-order valence-electron chi connectivity index (χ0n) is 3.86. The van der Waals surface area contributed by atoms with Gasteiger partial charge in [0, 0.05) is 0 Å². The third-order valence-corrected chi connectivity index (χ3v) is 1.12. The van der Waals surface area contributed by atoms with Crippen molar-refractivity contribution in [2.24, 2.45) is 0 Å². The van der Waals surface area contributed by atoms with Gasteiger partial charge in [-0.25, -0.2) is 10.6 Å². The van der Waals surface area contributed by atoms with Crippen molar-refractivity contribution >= 4 is 12.6 Å². The van der Waals surface area contributed by atoms with Gasteiger partial charge in [-0.05, 0) is 0 Å². The Morgan fingerprint density at radius 1 is 1.86 bits per heavy atom. The Hall–Kier alpha value is -0.570. The van der Waals surface area contributed by atoms with Crippen molar-refractivity contribution < 1.29 is 0 Å². The average Bonchev–Trinajstić information content (AvgIpc) is 1.91. The number of hydrogen-bond donors (Lipinski definition) is 1. The first-order valence-electron chi connectivity index (χ1n) is 1.90. The molecule has 1 heterocycles. The number of rotatable bonds is 0. The summed E-state index contributed by atoms with van der Waals surface area (Å²) in [6.07, 6.45) is 2.73. The van der Waals surface area contributed by atoms with E-state index >= 15 is 0 Å². The third-order valence-electron chi connectivity index (χ3n) is 0.722. The maximum Gasteiger partial charge on any atom is -0.0723 e. The van der Waals surface area contributed by atoms with E-state index in [2.05, 4.69) is 16.4 Å². The maximum atomic E-state index is 4.71. The van der Waals surface area contributed by atoms with E-state index < -0.39 is 0 Å². The van der Waals surface area contributed by atoms with E-state index in [1.165, 1.54) is 0 Å². The predicted octanol–water partition coefficient (Wildman–Crippen LogP) is 0.424. The van der Waals surface area contributed by atoms with E-state index in [4.69, 9.17) is 12.6 Å². The Kier molecular flexibility index (Phi) is 0.982. The van der Waals surface area contributed by atoms with Crippen molar-refractivity contribution in [1.82, 2.24) is 10.2 Å². The first-order valence-corrected chi connectivity index (χ1v) is 2.31. The van der Waals surface area contributed by atoms with Crippen molar-refractivity contribution in [2.75, 3.05) is 0 Å². The van der Waals surface area contributed by atoms with Gasteiger partial charge in [0.05, 0.1) is 0 Å². The SMILES string of the molecule is Cc1[c-][nH]nc1[S-]. The molecule has 0 unspecified atom stereocenters. The van der Waals surface area contributed by atoms with Crippen LogP contribution in [0, 0.1) is 13.1 Å².